The number of carbonyl (C=O) groups excluding carboxylic acids is 2. The summed E-state index contributed by atoms with van der Waals surface area (Å²) in [5.74, 6) is -0.266. The quantitative estimate of drug-likeness (QED) is 0.834. The molecule has 1 N–H and O–H groups in total. The number of hydrogen-bond donors (Lipinski definition) is 1. The van der Waals surface area contributed by atoms with Gasteiger partial charge in [0.2, 0.25) is 15.9 Å². The fourth-order valence-corrected chi connectivity index (χ4v) is 4.09. The number of fused-ring (bicyclic) bond motifs is 1. The van der Waals surface area contributed by atoms with Gasteiger partial charge in [0.25, 0.3) is 5.91 Å². The van der Waals surface area contributed by atoms with Crippen molar-refractivity contribution in [2.24, 2.45) is 0 Å². The Bertz CT molecular complexity index is 1030. The van der Waals surface area contributed by atoms with E-state index in [4.69, 9.17) is 0 Å². The van der Waals surface area contributed by atoms with Gasteiger partial charge in [-0.25, -0.2) is 12.7 Å². The molecule has 7 nitrogen and oxygen atoms in total. The monoisotopic (exact) mass is 401 g/mol. The Morgan fingerprint density at radius 3 is 2.57 bits per heavy atom. The molecule has 2 amide bonds. The van der Waals surface area contributed by atoms with Crippen LogP contribution in [0.25, 0.3) is 0 Å². The van der Waals surface area contributed by atoms with Crippen molar-refractivity contribution in [3.8, 4) is 0 Å². The van der Waals surface area contributed by atoms with E-state index >= 15 is 0 Å². The summed E-state index contributed by atoms with van der Waals surface area (Å²) >= 11 is 0. The second-order valence-electron chi connectivity index (χ2n) is 6.76. The molecule has 0 aromatic heterocycles. The molecule has 1 aliphatic heterocycles. The zero-order valence-corrected chi connectivity index (χ0v) is 16.9. The molecule has 2 aromatic rings. The summed E-state index contributed by atoms with van der Waals surface area (Å²) in [6.07, 6.45) is 1.15. The zero-order valence-electron chi connectivity index (χ0n) is 16.1. The Kier molecular flexibility index (Phi) is 5.53. The maximum Gasteiger partial charge on any atom is 0.255 e. The Morgan fingerprint density at radius 2 is 1.89 bits per heavy atom. The molecule has 0 radical (unpaired) electrons. The van der Waals surface area contributed by atoms with E-state index in [0.717, 1.165) is 15.6 Å². The van der Waals surface area contributed by atoms with Crippen LogP contribution >= 0.6 is 0 Å². The van der Waals surface area contributed by atoms with Crippen molar-refractivity contribution in [3.63, 3.8) is 0 Å². The van der Waals surface area contributed by atoms with Crippen LogP contribution in [-0.2, 0) is 21.2 Å². The molecular weight excluding hydrogens is 378 g/mol. The van der Waals surface area contributed by atoms with Gasteiger partial charge in [0, 0.05) is 44.0 Å². The van der Waals surface area contributed by atoms with E-state index < -0.39 is 10.0 Å². The van der Waals surface area contributed by atoms with Gasteiger partial charge in [-0.1, -0.05) is 13.0 Å². The maximum atomic E-state index is 12.6. The molecule has 0 aliphatic carbocycles. The summed E-state index contributed by atoms with van der Waals surface area (Å²) in [6, 6.07) is 11.4. The van der Waals surface area contributed by atoms with Crippen LogP contribution in [0.1, 0.15) is 29.3 Å². The van der Waals surface area contributed by atoms with Gasteiger partial charge in [-0.15, -0.1) is 0 Å². The first-order valence-electron chi connectivity index (χ1n) is 9.01. The standard InChI is InChI=1S/C20H23N3O4S/c1-4-19(24)23-11-10-14-12-15(8-9-18(14)23)20(25)21-16-6-5-7-17(13-16)28(26,27)22(2)3/h5-9,12-13H,4,10-11H2,1-3H3,(H,21,25). The lowest BCUT2D eigenvalue weighted by molar-refractivity contribution is -0.118. The predicted molar refractivity (Wildman–Crippen MR) is 108 cm³/mol. The number of rotatable bonds is 5. The second kappa shape index (κ2) is 7.73. The maximum absolute atomic E-state index is 12.6. The van der Waals surface area contributed by atoms with Crippen LogP contribution in [0.3, 0.4) is 0 Å². The third-order valence-corrected chi connectivity index (χ3v) is 6.52. The first-order chi connectivity index (χ1) is 13.2. The fraction of sp³-hybridized carbons (Fsp3) is 0.300. The van der Waals surface area contributed by atoms with Crippen LogP contribution in [-0.4, -0.2) is 45.2 Å². The SMILES string of the molecule is CCC(=O)N1CCc2cc(C(=O)Nc3cccc(S(=O)(=O)N(C)C)c3)ccc21. The first-order valence-corrected chi connectivity index (χ1v) is 10.4. The number of carbonyl (C=O) groups is 2. The van der Waals surface area contributed by atoms with Gasteiger partial charge in [-0.3, -0.25) is 9.59 Å². The molecule has 0 saturated carbocycles. The van der Waals surface area contributed by atoms with E-state index in [1.54, 1.807) is 35.2 Å². The van der Waals surface area contributed by atoms with Gasteiger partial charge < -0.3 is 10.2 Å². The van der Waals surface area contributed by atoms with Crippen molar-refractivity contribution in [1.82, 2.24) is 4.31 Å². The number of amides is 2. The van der Waals surface area contributed by atoms with Crippen molar-refractivity contribution in [2.45, 2.75) is 24.7 Å². The molecule has 148 valence electrons. The smallest absolute Gasteiger partial charge is 0.255 e. The van der Waals surface area contributed by atoms with Crippen molar-refractivity contribution < 1.29 is 18.0 Å². The van der Waals surface area contributed by atoms with Gasteiger partial charge in [-0.2, -0.15) is 0 Å². The highest BCUT2D eigenvalue weighted by Gasteiger charge is 2.24. The Balaban J connectivity index is 1.81. The minimum atomic E-state index is -3.58. The number of nitrogens with one attached hydrogen (secondary N) is 1. The predicted octanol–water partition coefficient (Wildman–Crippen LogP) is 2.49. The molecule has 8 heteroatoms. The fourth-order valence-electron chi connectivity index (χ4n) is 3.14. The molecule has 0 bridgehead atoms. The zero-order chi connectivity index (χ0) is 20.5. The molecule has 0 unspecified atom stereocenters. The Hall–Kier alpha value is -2.71. The van der Waals surface area contributed by atoms with Gasteiger partial charge in [0.15, 0.2) is 0 Å². The summed E-state index contributed by atoms with van der Waals surface area (Å²) in [7, 11) is -0.668. The van der Waals surface area contributed by atoms with Crippen LogP contribution in [0.5, 0.6) is 0 Å². The van der Waals surface area contributed by atoms with Crippen LogP contribution in [0, 0.1) is 0 Å². The molecule has 0 atom stereocenters. The molecule has 28 heavy (non-hydrogen) atoms. The third-order valence-electron chi connectivity index (χ3n) is 4.71. The normalized spacial score (nSPS) is 13.5. The largest absolute Gasteiger partial charge is 0.322 e. The van der Waals surface area contributed by atoms with Crippen LogP contribution in [0.2, 0.25) is 0 Å². The highest BCUT2D eigenvalue weighted by molar-refractivity contribution is 7.89. The lowest BCUT2D eigenvalue weighted by Crippen LogP contribution is -2.27. The average molecular weight is 401 g/mol. The van der Waals surface area contributed by atoms with Crippen molar-refractivity contribution in [3.05, 3.63) is 53.6 Å². The molecule has 0 spiro atoms. The molecule has 2 aromatic carbocycles. The number of hydrogen-bond acceptors (Lipinski definition) is 4. The molecule has 0 fully saturated rings. The minimum Gasteiger partial charge on any atom is -0.322 e. The highest BCUT2D eigenvalue weighted by atomic mass is 32.2. The number of nitrogens with zero attached hydrogens (tertiary/aromatic N) is 2. The van der Waals surface area contributed by atoms with E-state index in [-0.39, 0.29) is 16.7 Å². The van der Waals surface area contributed by atoms with E-state index in [0.29, 0.717) is 30.6 Å². The summed E-state index contributed by atoms with van der Waals surface area (Å²) in [4.78, 5) is 26.5. The summed E-state index contributed by atoms with van der Waals surface area (Å²) < 4.78 is 25.6. The van der Waals surface area contributed by atoms with Crippen molar-refractivity contribution in [2.75, 3.05) is 30.9 Å². The van der Waals surface area contributed by atoms with Crippen molar-refractivity contribution >= 4 is 33.2 Å². The average Bonchev–Trinajstić information content (AvgIpc) is 3.10. The number of sulfonamides is 1. The van der Waals surface area contributed by atoms with Gasteiger partial charge >= 0.3 is 0 Å². The van der Waals surface area contributed by atoms with Gasteiger partial charge in [0.1, 0.15) is 0 Å². The van der Waals surface area contributed by atoms with Crippen LogP contribution < -0.4 is 10.2 Å². The molecule has 1 aliphatic rings. The molecule has 3 rings (SSSR count). The number of anilines is 2. The molecule has 0 saturated heterocycles. The molecule has 1 heterocycles. The lowest BCUT2D eigenvalue weighted by Gasteiger charge is -2.16. The van der Waals surface area contributed by atoms with E-state index in [1.165, 1.54) is 26.2 Å². The number of benzene rings is 2. The highest BCUT2D eigenvalue weighted by Crippen LogP contribution is 2.29. The minimum absolute atomic E-state index is 0.0647. The second-order valence-corrected chi connectivity index (χ2v) is 8.91. The van der Waals surface area contributed by atoms with Crippen molar-refractivity contribution in [1.29, 1.82) is 0 Å². The topological polar surface area (TPSA) is 86.8 Å². The van der Waals surface area contributed by atoms with E-state index in [9.17, 15) is 18.0 Å². The first kappa shape index (κ1) is 20.0. The van der Waals surface area contributed by atoms with Crippen LogP contribution in [0.4, 0.5) is 11.4 Å². The lowest BCUT2D eigenvalue weighted by atomic mass is 10.1. The van der Waals surface area contributed by atoms with Gasteiger partial charge in [0.05, 0.1) is 4.90 Å². The Labute approximate surface area is 165 Å². The van der Waals surface area contributed by atoms with E-state index in [2.05, 4.69) is 5.32 Å². The summed E-state index contributed by atoms with van der Waals surface area (Å²) in [5, 5.41) is 2.74. The van der Waals surface area contributed by atoms with E-state index in [1.807, 2.05) is 6.92 Å². The molecular formula is C20H23N3O4S. The van der Waals surface area contributed by atoms with Gasteiger partial charge in [-0.05, 0) is 48.4 Å². The summed E-state index contributed by atoms with van der Waals surface area (Å²) in [6.45, 7) is 2.45. The third kappa shape index (κ3) is 3.79. The summed E-state index contributed by atoms with van der Waals surface area (Å²) in [5.41, 5.74) is 2.67. The van der Waals surface area contributed by atoms with Crippen LogP contribution in [0.15, 0.2) is 47.4 Å². The Morgan fingerprint density at radius 1 is 1.14 bits per heavy atom.